The molecule has 7 heteroatoms. The third kappa shape index (κ3) is 3.45. The minimum absolute atomic E-state index is 0.107. The first-order chi connectivity index (χ1) is 9.94. The van der Waals surface area contributed by atoms with Crippen LogP contribution in [0, 0.1) is 6.92 Å². The molecule has 0 aliphatic rings. The molecule has 2 N–H and O–H groups in total. The van der Waals surface area contributed by atoms with Crippen LogP contribution in [0.2, 0.25) is 0 Å². The maximum absolute atomic E-state index is 12.1. The third-order valence-corrected chi connectivity index (χ3v) is 4.37. The van der Waals surface area contributed by atoms with Gasteiger partial charge < -0.3 is 5.32 Å². The Kier molecular flexibility index (Phi) is 4.35. The predicted molar refractivity (Wildman–Crippen MR) is 79.6 cm³/mol. The Morgan fingerprint density at radius 3 is 2.38 bits per heavy atom. The number of aryl methyl sites for hydroxylation is 1. The summed E-state index contributed by atoms with van der Waals surface area (Å²) in [4.78, 5) is 16.3. The number of aromatic nitrogens is 1. The van der Waals surface area contributed by atoms with Crippen molar-refractivity contribution >= 4 is 21.7 Å². The van der Waals surface area contributed by atoms with E-state index in [1.807, 2.05) is 13.0 Å². The van der Waals surface area contributed by atoms with Crippen LogP contribution in [-0.4, -0.2) is 26.4 Å². The molecule has 0 aliphatic carbocycles. The fourth-order valence-corrected chi connectivity index (χ4v) is 2.43. The van der Waals surface area contributed by atoms with Crippen LogP contribution in [0.3, 0.4) is 0 Å². The van der Waals surface area contributed by atoms with Gasteiger partial charge in [-0.25, -0.2) is 18.1 Å². The molecule has 2 rings (SSSR count). The van der Waals surface area contributed by atoms with Crippen molar-refractivity contribution in [3.63, 3.8) is 0 Å². The third-order valence-electron chi connectivity index (χ3n) is 2.94. The van der Waals surface area contributed by atoms with Crippen LogP contribution in [0.25, 0.3) is 0 Å². The Morgan fingerprint density at radius 2 is 1.81 bits per heavy atom. The van der Waals surface area contributed by atoms with Crippen molar-refractivity contribution in [2.45, 2.75) is 11.8 Å². The first kappa shape index (κ1) is 15.1. The number of amides is 1. The molecule has 0 spiro atoms. The van der Waals surface area contributed by atoms with E-state index in [1.165, 1.54) is 31.3 Å². The molecule has 0 atom stereocenters. The Morgan fingerprint density at radius 1 is 1.14 bits per heavy atom. The molecular weight excluding hydrogens is 290 g/mol. The molecule has 110 valence electrons. The Bertz CT molecular complexity index is 755. The monoisotopic (exact) mass is 305 g/mol. The van der Waals surface area contributed by atoms with Crippen molar-refractivity contribution in [1.82, 2.24) is 9.71 Å². The summed E-state index contributed by atoms with van der Waals surface area (Å²) in [5.74, 6) is 0.139. The van der Waals surface area contributed by atoms with Crippen molar-refractivity contribution in [1.29, 1.82) is 0 Å². The molecule has 0 fully saturated rings. The molecule has 0 saturated carbocycles. The second-order valence-electron chi connectivity index (χ2n) is 4.35. The number of anilines is 1. The highest BCUT2D eigenvalue weighted by Gasteiger charge is 2.13. The van der Waals surface area contributed by atoms with Crippen LogP contribution in [0.1, 0.15) is 15.9 Å². The van der Waals surface area contributed by atoms with E-state index in [0.29, 0.717) is 11.4 Å². The van der Waals surface area contributed by atoms with E-state index in [4.69, 9.17) is 0 Å². The van der Waals surface area contributed by atoms with Gasteiger partial charge in [-0.3, -0.25) is 4.79 Å². The fraction of sp³-hybridized carbons (Fsp3) is 0.143. The van der Waals surface area contributed by atoms with Crippen LogP contribution in [0.5, 0.6) is 0 Å². The molecule has 0 bridgehead atoms. The molecule has 0 aliphatic heterocycles. The topological polar surface area (TPSA) is 88.2 Å². The molecule has 0 unspecified atom stereocenters. The summed E-state index contributed by atoms with van der Waals surface area (Å²) in [6.45, 7) is 1.84. The average Bonchev–Trinajstić information content (AvgIpc) is 2.49. The lowest BCUT2D eigenvalue weighted by Gasteiger charge is -2.07. The van der Waals surface area contributed by atoms with Crippen LogP contribution in [0.15, 0.2) is 47.5 Å². The number of sulfonamides is 1. The van der Waals surface area contributed by atoms with Crippen LogP contribution < -0.4 is 10.0 Å². The molecule has 1 aromatic heterocycles. The number of nitrogens with one attached hydrogen (secondary N) is 2. The first-order valence-corrected chi connectivity index (χ1v) is 7.69. The van der Waals surface area contributed by atoms with Crippen molar-refractivity contribution in [3.8, 4) is 0 Å². The molecule has 6 nitrogen and oxygen atoms in total. The molecule has 0 radical (unpaired) electrons. The largest absolute Gasteiger partial charge is 0.306 e. The van der Waals surface area contributed by atoms with Gasteiger partial charge in [0.15, 0.2) is 0 Å². The summed E-state index contributed by atoms with van der Waals surface area (Å²) < 4.78 is 25.4. The van der Waals surface area contributed by atoms with Crippen LogP contribution in [0.4, 0.5) is 5.82 Å². The standard InChI is InChI=1S/C14H15N3O3S/c1-10-4-3-9-16-13(10)17-14(18)11-5-7-12(8-6-11)21(19,20)15-2/h3-9,15H,1-2H3,(H,16,17,18). The van der Waals surface area contributed by atoms with Gasteiger partial charge in [0.25, 0.3) is 5.91 Å². The summed E-state index contributed by atoms with van der Waals surface area (Å²) in [7, 11) is -2.17. The summed E-state index contributed by atoms with van der Waals surface area (Å²) in [5.41, 5.74) is 1.20. The minimum atomic E-state index is -3.50. The van der Waals surface area contributed by atoms with E-state index in [-0.39, 0.29) is 10.8 Å². The quantitative estimate of drug-likeness (QED) is 0.897. The average molecular weight is 305 g/mol. The van der Waals surface area contributed by atoms with Gasteiger partial charge in [-0.05, 0) is 49.9 Å². The molecule has 1 heterocycles. The van der Waals surface area contributed by atoms with Gasteiger partial charge in [0.2, 0.25) is 10.0 Å². The SMILES string of the molecule is CNS(=O)(=O)c1ccc(C(=O)Nc2ncccc2C)cc1. The molecular formula is C14H15N3O3S. The zero-order chi connectivity index (χ0) is 15.5. The van der Waals surface area contributed by atoms with Gasteiger partial charge in [-0.15, -0.1) is 0 Å². The molecule has 2 aromatic rings. The maximum Gasteiger partial charge on any atom is 0.256 e. The second kappa shape index (κ2) is 6.02. The lowest BCUT2D eigenvalue weighted by molar-refractivity contribution is 0.102. The number of carbonyl (C=O) groups is 1. The van der Waals surface area contributed by atoms with E-state index in [0.717, 1.165) is 5.56 Å². The smallest absolute Gasteiger partial charge is 0.256 e. The number of hydrogen-bond acceptors (Lipinski definition) is 4. The van der Waals surface area contributed by atoms with Gasteiger partial charge in [0.05, 0.1) is 4.90 Å². The highest BCUT2D eigenvalue weighted by Crippen LogP contribution is 2.13. The number of carbonyl (C=O) groups excluding carboxylic acids is 1. The highest BCUT2D eigenvalue weighted by atomic mass is 32.2. The molecule has 21 heavy (non-hydrogen) atoms. The van der Waals surface area contributed by atoms with Gasteiger partial charge in [-0.1, -0.05) is 6.07 Å². The Labute approximate surface area is 123 Å². The predicted octanol–water partition coefficient (Wildman–Crippen LogP) is 1.55. The molecule has 0 saturated heterocycles. The number of rotatable bonds is 4. The van der Waals surface area contributed by atoms with Gasteiger partial charge >= 0.3 is 0 Å². The fourth-order valence-electron chi connectivity index (χ4n) is 1.70. The van der Waals surface area contributed by atoms with Gasteiger partial charge in [0.1, 0.15) is 5.82 Å². The van der Waals surface area contributed by atoms with Crippen LogP contribution >= 0.6 is 0 Å². The van der Waals surface area contributed by atoms with E-state index in [9.17, 15) is 13.2 Å². The first-order valence-electron chi connectivity index (χ1n) is 6.20. The maximum atomic E-state index is 12.1. The Balaban J connectivity index is 2.20. The van der Waals surface area contributed by atoms with Crippen molar-refractivity contribution < 1.29 is 13.2 Å². The summed E-state index contributed by atoms with van der Waals surface area (Å²) in [6, 6.07) is 9.29. The van der Waals surface area contributed by atoms with Crippen LogP contribution in [-0.2, 0) is 10.0 Å². The zero-order valence-electron chi connectivity index (χ0n) is 11.6. The van der Waals surface area contributed by atoms with E-state index in [1.54, 1.807) is 12.3 Å². The van der Waals surface area contributed by atoms with Crippen molar-refractivity contribution in [3.05, 3.63) is 53.7 Å². The number of pyridine rings is 1. The normalized spacial score (nSPS) is 11.1. The van der Waals surface area contributed by atoms with E-state index >= 15 is 0 Å². The summed E-state index contributed by atoms with van der Waals surface area (Å²) >= 11 is 0. The van der Waals surface area contributed by atoms with E-state index in [2.05, 4.69) is 15.0 Å². The van der Waals surface area contributed by atoms with Crippen molar-refractivity contribution in [2.75, 3.05) is 12.4 Å². The highest BCUT2D eigenvalue weighted by molar-refractivity contribution is 7.89. The lowest BCUT2D eigenvalue weighted by atomic mass is 10.2. The number of hydrogen-bond donors (Lipinski definition) is 2. The second-order valence-corrected chi connectivity index (χ2v) is 6.24. The number of nitrogens with zero attached hydrogens (tertiary/aromatic N) is 1. The molecule has 1 amide bonds. The van der Waals surface area contributed by atoms with Crippen molar-refractivity contribution in [2.24, 2.45) is 0 Å². The molecule has 1 aromatic carbocycles. The minimum Gasteiger partial charge on any atom is -0.306 e. The summed E-state index contributed by atoms with van der Waals surface area (Å²) in [5, 5.41) is 2.68. The lowest BCUT2D eigenvalue weighted by Crippen LogP contribution is -2.19. The van der Waals surface area contributed by atoms with Gasteiger partial charge in [-0.2, -0.15) is 0 Å². The zero-order valence-corrected chi connectivity index (χ0v) is 12.4. The Hall–Kier alpha value is -2.25. The van der Waals surface area contributed by atoms with Gasteiger partial charge in [0, 0.05) is 11.8 Å². The van der Waals surface area contributed by atoms with E-state index < -0.39 is 10.0 Å². The summed E-state index contributed by atoms with van der Waals surface area (Å²) in [6.07, 6.45) is 1.59. The number of benzene rings is 1.